The summed E-state index contributed by atoms with van der Waals surface area (Å²) < 4.78 is 16.4. The SMILES string of the molecule is COc1ccc(CN2CCN(C(=O)[C@@H](N)Cc3ccccc3)CC2)c(OC)c1OC. The number of carbonyl (C=O) groups excluding carboxylic acids is 1. The lowest BCUT2D eigenvalue weighted by atomic mass is 10.1. The molecule has 7 heteroatoms. The summed E-state index contributed by atoms with van der Waals surface area (Å²) >= 11 is 0. The zero-order valence-corrected chi connectivity index (χ0v) is 18.0. The maximum Gasteiger partial charge on any atom is 0.239 e. The van der Waals surface area contributed by atoms with E-state index in [0.717, 1.165) is 24.2 Å². The number of methoxy groups -OCH3 is 3. The maximum absolute atomic E-state index is 12.8. The first-order chi connectivity index (χ1) is 14.6. The zero-order chi connectivity index (χ0) is 21.5. The number of hydrogen-bond donors (Lipinski definition) is 1. The molecule has 0 aliphatic carbocycles. The van der Waals surface area contributed by atoms with Crippen molar-refractivity contribution in [2.75, 3.05) is 47.5 Å². The van der Waals surface area contributed by atoms with E-state index in [2.05, 4.69) is 4.90 Å². The highest BCUT2D eigenvalue weighted by Crippen LogP contribution is 2.40. The van der Waals surface area contributed by atoms with Crippen LogP contribution in [0.25, 0.3) is 0 Å². The van der Waals surface area contributed by atoms with Crippen LogP contribution in [0.5, 0.6) is 17.2 Å². The molecule has 0 bridgehead atoms. The maximum atomic E-state index is 12.8. The van der Waals surface area contributed by atoms with Crippen molar-refractivity contribution < 1.29 is 19.0 Å². The second-order valence-corrected chi connectivity index (χ2v) is 7.39. The third-order valence-corrected chi connectivity index (χ3v) is 5.48. The summed E-state index contributed by atoms with van der Waals surface area (Å²) in [7, 11) is 4.84. The number of benzene rings is 2. The number of piperazine rings is 1. The van der Waals surface area contributed by atoms with Gasteiger partial charge in [-0.15, -0.1) is 0 Å². The van der Waals surface area contributed by atoms with E-state index in [1.165, 1.54) is 0 Å². The van der Waals surface area contributed by atoms with Crippen LogP contribution >= 0.6 is 0 Å². The minimum Gasteiger partial charge on any atom is -0.493 e. The monoisotopic (exact) mass is 413 g/mol. The predicted molar refractivity (Wildman–Crippen MR) is 116 cm³/mol. The molecule has 0 spiro atoms. The van der Waals surface area contributed by atoms with Crippen molar-refractivity contribution in [3.05, 3.63) is 53.6 Å². The van der Waals surface area contributed by atoms with Gasteiger partial charge in [0.2, 0.25) is 11.7 Å². The summed E-state index contributed by atoms with van der Waals surface area (Å²) in [6.07, 6.45) is 0.558. The third kappa shape index (κ3) is 5.04. The van der Waals surface area contributed by atoms with Crippen LogP contribution in [0.4, 0.5) is 0 Å². The molecule has 1 amide bonds. The first kappa shape index (κ1) is 21.9. The number of hydrogen-bond acceptors (Lipinski definition) is 6. The highest BCUT2D eigenvalue weighted by molar-refractivity contribution is 5.82. The fourth-order valence-electron chi connectivity index (χ4n) is 3.84. The van der Waals surface area contributed by atoms with E-state index in [0.29, 0.717) is 43.3 Å². The van der Waals surface area contributed by atoms with Gasteiger partial charge in [0.1, 0.15) is 0 Å². The van der Waals surface area contributed by atoms with Gasteiger partial charge in [0.25, 0.3) is 0 Å². The molecular formula is C23H31N3O4. The van der Waals surface area contributed by atoms with Crippen molar-refractivity contribution >= 4 is 5.91 Å². The van der Waals surface area contributed by atoms with Crippen LogP contribution in [0.3, 0.4) is 0 Å². The van der Waals surface area contributed by atoms with E-state index in [9.17, 15) is 4.79 Å². The minimum absolute atomic E-state index is 0.0159. The lowest BCUT2D eigenvalue weighted by Gasteiger charge is -2.36. The number of rotatable bonds is 8. The molecule has 1 fully saturated rings. The van der Waals surface area contributed by atoms with Crippen LogP contribution in [0.1, 0.15) is 11.1 Å². The number of carbonyl (C=O) groups is 1. The summed E-state index contributed by atoms with van der Waals surface area (Å²) in [5.41, 5.74) is 8.29. The van der Waals surface area contributed by atoms with Crippen molar-refractivity contribution in [3.8, 4) is 17.2 Å². The highest BCUT2D eigenvalue weighted by atomic mass is 16.5. The molecule has 0 aromatic heterocycles. The Labute approximate surface area is 178 Å². The topological polar surface area (TPSA) is 77.3 Å². The molecule has 1 aliphatic rings. The van der Waals surface area contributed by atoms with Crippen molar-refractivity contribution in [2.45, 2.75) is 19.0 Å². The molecule has 2 aromatic carbocycles. The van der Waals surface area contributed by atoms with Crippen LogP contribution in [0.15, 0.2) is 42.5 Å². The largest absolute Gasteiger partial charge is 0.493 e. The summed E-state index contributed by atoms with van der Waals surface area (Å²) in [5.74, 6) is 1.93. The third-order valence-electron chi connectivity index (χ3n) is 5.48. The molecule has 2 aromatic rings. The Morgan fingerprint density at radius 2 is 1.60 bits per heavy atom. The van der Waals surface area contributed by atoms with Gasteiger partial charge in [0.05, 0.1) is 27.4 Å². The standard InChI is InChI=1S/C23H31N3O4/c1-28-20-10-9-18(21(29-2)22(20)30-3)16-25-11-13-26(14-12-25)23(27)19(24)15-17-7-5-4-6-8-17/h4-10,19H,11-16,24H2,1-3H3/t19-/m0/s1. The van der Waals surface area contributed by atoms with Gasteiger partial charge < -0.3 is 24.8 Å². The molecule has 3 rings (SSSR count). The average molecular weight is 414 g/mol. The second-order valence-electron chi connectivity index (χ2n) is 7.39. The molecule has 0 saturated carbocycles. The Morgan fingerprint density at radius 3 is 2.20 bits per heavy atom. The van der Waals surface area contributed by atoms with E-state index in [1.807, 2.05) is 47.4 Å². The minimum atomic E-state index is -0.509. The van der Waals surface area contributed by atoms with Gasteiger partial charge >= 0.3 is 0 Å². The Kier molecular flexibility index (Phi) is 7.54. The van der Waals surface area contributed by atoms with E-state index < -0.39 is 6.04 Å². The molecule has 0 unspecified atom stereocenters. The predicted octanol–water partition coefficient (Wildman–Crippen LogP) is 1.93. The van der Waals surface area contributed by atoms with Gasteiger partial charge in [-0.2, -0.15) is 0 Å². The molecule has 1 atom stereocenters. The van der Waals surface area contributed by atoms with Crippen molar-refractivity contribution in [3.63, 3.8) is 0 Å². The quantitative estimate of drug-likeness (QED) is 0.713. The smallest absolute Gasteiger partial charge is 0.239 e. The van der Waals surface area contributed by atoms with E-state index in [-0.39, 0.29) is 5.91 Å². The molecule has 0 radical (unpaired) electrons. The summed E-state index contributed by atoms with van der Waals surface area (Å²) in [6, 6.07) is 13.3. The summed E-state index contributed by atoms with van der Waals surface area (Å²) in [4.78, 5) is 16.9. The fraction of sp³-hybridized carbons (Fsp3) is 0.435. The Morgan fingerprint density at radius 1 is 0.933 bits per heavy atom. The first-order valence-electron chi connectivity index (χ1n) is 10.2. The van der Waals surface area contributed by atoms with Gasteiger partial charge in [-0.1, -0.05) is 36.4 Å². The van der Waals surface area contributed by atoms with Gasteiger partial charge in [-0.05, 0) is 18.1 Å². The van der Waals surface area contributed by atoms with E-state index in [1.54, 1.807) is 21.3 Å². The molecule has 1 heterocycles. The van der Waals surface area contributed by atoms with Gasteiger partial charge in [0.15, 0.2) is 11.5 Å². The Hall–Kier alpha value is -2.77. The van der Waals surface area contributed by atoms with Gasteiger partial charge in [0, 0.05) is 38.3 Å². The van der Waals surface area contributed by atoms with Crippen LogP contribution in [-0.2, 0) is 17.8 Å². The van der Waals surface area contributed by atoms with Crippen molar-refractivity contribution in [1.82, 2.24) is 9.80 Å². The molecule has 7 nitrogen and oxygen atoms in total. The molecule has 162 valence electrons. The first-order valence-corrected chi connectivity index (χ1v) is 10.2. The molecule has 30 heavy (non-hydrogen) atoms. The lowest BCUT2D eigenvalue weighted by molar-refractivity contribution is -0.134. The van der Waals surface area contributed by atoms with Crippen LogP contribution in [0.2, 0.25) is 0 Å². The number of ether oxygens (including phenoxy) is 3. The highest BCUT2D eigenvalue weighted by Gasteiger charge is 2.26. The normalized spacial score (nSPS) is 15.5. The second kappa shape index (κ2) is 10.3. The average Bonchev–Trinajstić information content (AvgIpc) is 2.79. The number of nitrogens with zero attached hydrogens (tertiary/aromatic N) is 2. The van der Waals surface area contributed by atoms with Crippen LogP contribution in [0, 0.1) is 0 Å². The van der Waals surface area contributed by atoms with Crippen LogP contribution < -0.4 is 19.9 Å². The number of amides is 1. The van der Waals surface area contributed by atoms with Gasteiger partial charge in [-0.25, -0.2) is 0 Å². The lowest BCUT2D eigenvalue weighted by Crippen LogP contribution is -2.53. The van der Waals surface area contributed by atoms with Crippen molar-refractivity contribution in [2.24, 2.45) is 5.73 Å². The fourth-order valence-corrected chi connectivity index (χ4v) is 3.84. The Bertz CT molecular complexity index is 836. The molecule has 1 saturated heterocycles. The Balaban J connectivity index is 1.57. The molecular weight excluding hydrogens is 382 g/mol. The summed E-state index contributed by atoms with van der Waals surface area (Å²) in [6.45, 7) is 3.60. The molecule has 1 aliphatic heterocycles. The summed E-state index contributed by atoms with van der Waals surface area (Å²) in [5, 5.41) is 0. The van der Waals surface area contributed by atoms with Crippen molar-refractivity contribution in [1.29, 1.82) is 0 Å². The van der Waals surface area contributed by atoms with E-state index in [4.69, 9.17) is 19.9 Å². The van der Waals surface area contributed by atoms with Crippen LogP contribution in [-0.4, -0.2) is 69.3 Å². The van der Waals surface area contributed by atoms with Gasteiger partial charge in [-0.3, -0.25) is 9.69 Å². The molecule has 2 N–H and O–H groups in total. The zero-order valence-electron chi connectivity index (χ0n) is 18.0. The number of nitrogens with two attached hydrogens (primary N) is 1. The van der Waals surface area contributed by atoms with E-state index >= 15 is 0 Å².